The van der Waals surface area contributed by atoms with E-state index in [2.05, 4.69) is 25.9 Å². The molecule has 126 valence electrons. The summed E-state index contributed by atoms with van der Waals surface area (Å²) in [6, 6.07) is 5.49. The smallest absolute Gasteiger partial charge is 0.251 e. The summed E-state index contributed by atoms with van der Waals surface area (Å²) in [6.07, 6.45) is 3.36. The van der Waals surface area contributed by atoms with Gasteiger partial charge in [0.2, 0.25) is 0 Å². The van der Waals surface area contributed by atoms with Gasteiger partial charge in [-0.25, -0.2) is 14.4 Å². The molecule has 0 fully saturated rings. The largest absolute Gasteiger partial charge is 0.368 e. The number of anilines is 1. The fourth-order valence-electron chi connectivity index (χ4n) is 2.68. The molecule has 0 saturated carbocycles. The Bertz CT molecular complexity index is 705. The average Bonchev–Trinajstić information content (AvgIpc) is 2.85. The van der Waals surface area contributed by atoms with Crippen molar-refractivity contribution in [2.45, 2.75) is 12.8 Å². The fraction of sp³-hybridized carbons (Fsp3) is 0.353. The van der Waals surface area contributed by atoms with Gasteiger partial charge in [0, 0.05) is 37.2 Å². The zero-order valence-electron chi connectivity index (χ0n) is 13.3. The number of carbonyl (C=O) groups excluding carboxylic acids is 1. The Balaban J connectivity index is 1.52. The van der Waals surface area contributed by atoms with Gasteiger partial charge in [-0.05, 0) is 37.2 Å². The molecule has 1 aromatic carbocycles. The summed E-state index contributed by atoms with van der Waals surface area (Å²) >= 11 is 0. The van der Waals surface area contributed by atoms with Gasteiger partial charge in [-0.1, -0.05) is 0 Å². The first-order chi connectivity index (χ1) is 11.7. The van der Waals surface area contributed by atoms with Crippen molar-refractivity contribution in [1.82, 2.24) is 20.6 Å². The van der Waals surface area contributed by atoms with Gasteiger partial charge in [0.05, 0.1) is 5.69 Å². The summed E-state index contributed by atoms with van der Waals surface area (Å²) in [5, 5.41) is 9.41. The van der Waals surface area contributed by atoms with E-state index in [1.165, 1.54) is 24.3 Å². The molecule has 3 N–H and O–H groups in total. The lowest BCUT2D eigenvalue weighted by Gasteiger charge is -2.12. The van der Waals surface area contributed by atoms with E-state index >= 15 is 0 Å². The predicted octanol–water partition coefficient (Wildman–Crippen LogP) is 1.15. The van der Waals surface area contributed by atoms with Crippen LogP contribution in [0.1, 0.15) is 21.6 Å². The third-order valence-corrected chi connectivity index (χ3v) is 3.93. The number of nitrogens with zero attached hydrogens (tertiary/aromatic N) is 2. The van der Waals surface area contributed by atoms with E-state index in [9.17, 15) is 9.18 Å². The normalized spacial score (nSPS) is 13.7. The Morgan fingerprint density at radius 1 is 1.12 bits per heavy atom. The van der Waals surface area contributed by atoms with Crippen LogP contribution in [0.2, 0.25) is 0 Å². The number of aromatic nitrogens is 2. The second-order valence-electron chi connectivity index (χ2n) is 5.59. The first kappa shape index (κ1) is 16.3. The lowest BCUT2D eigenvalue weighted by Crippen LogP contribution is -2.29. The predicted molar refractivity (Wildman–Crippen MR) is 89.5 cm³/mol. The average molecular weight is 329 g/mol. The third kappa shape index (κ3) is 4.05. The summed E-state index contributed by atoms with van der Waals surface area (Å²) in [4.78, 5) is 20.6. The molecule has 1 aromatic heterocycles. The Labute approximate surface area is 139 Å². The van der Waals surface area contributed by atoms with Crippen molar-refractivity contribution >= 4 is 11.7 Å². The second kappa shape index (κ2) is 7.83. The van der Waals surface area contributed by atoms with Crippen LogP contribution >= 0.6 is 0 Å². The van der Waals surface area contributed by atoms with Crippen molar-refractivity contribution in [2.24, 2.45) is 0 Å². The molecular formula is C17H20FN5O. The summed E-state index contributed by atoms with van der Waals surface area (Å²) < 4.78 is 12.9. The molecule has 1 amide bonds. The lowest BCUT2D eigenvalue weighted by molar-refractivity contribution is 0.0955. The van der Waals surface area contributed by atoms with Gasteiger partial charge in [0.1, 0.15) is 18.0 Å². The standard InChI is InChI=1S/C17H20FN5O/c18-13-3-1-12(2-4-13)17(24)21-10-9-20-16-14-5-7-19-8-6-15(14)22-11-23-16/h1-4,11,19H,5-10H2,(H,21,24)(H,20,22,23). The highest BCUT2D eigenvalue weighted by atomic mass is 19.1. The van der Waals surface area contributed by atoms with Crippen molar-refractivity contribution in [3.8, 4) is 0 Å². The summed E-state index contributed by atoms with van der Waals surface area (Å²) in [5.41, 5.74) is 2.67. The SMILES string of the molecule is O=C(NCCNc1ncnc2c1CCNCC2)c1ccc(F)cc1. The molecule has 0 unspecified atom stereocenters. The monoisotopic (exact) mass is 329 g/mol. The lowest BCUT2D eigenvalue weighted by atomic mass is 10.1. The minimum absolute atomic E-state index is 0.220. The molecule has 3 rings (SSSR count). The van der Waals surface area contributed by atoms with Crippen molar-refractivity contribution in [1.29, 1.82) is 0 Å². The molecule has 2 heterocycles. The second-order valence-corrected chi connectivity index (χ2v) is 5.59. The Hall–Kier alpha value is -2.54. The number of fused-ring (bicyclic) bond motifs is 1. The highest BCUT2D eigenvalue weighted by Crippen LogP contribution is 2.17. The molecule has 1 aliphatic rings. The Morgan fingerprint density at radius 2 is 1.92 bits per heavy atom. The van der Waals surface area contributed by atoms with Crippen LogP contribution in [0.3, 0.4) is 0 Å². The van der Waals surface area contributed by atoms with Crippen LogP contribution in [-0.2, 0) is 12.8 Å². The van der Waals surface area contributed by atoms with Crippen molar-refractivity contribution in [3.63, 3.8) is 0 Å². The minimum atomic E-state index is -0.354. The first-order valence-corrected chi connectivity index (χ1v) is 8.05. The van der Waals surface area contributed by atoms with E-state index in [4.69, 9.17) is 0 Å². The molecule has 6 nitrogen and oxygen atoms in total. The van der Waals surface area contributed by atoms with Gasteiger partial charge in [0.15, 0.2) is 0 Å². The molecule has 0 spiro atoms. The van der Waals surface area contributed by atoms with Crippen LogP contribution in [0, 0.1) is 5.82 Å². The number of amides is 1. The first-order valence-electron chi connectivity index (χ1n) is 8.05. The van der Waals surface area contributed by atoms with Crippen LogP contribution in [0.25, 0.3) is 0 Å². The highest BCUT2D eigenvalue weighted by molar-refractivity contribution is 5.94. The van der Waals surface area contributed by atoms with Crippen LogP contribution in [0.5, 0.6) is 0 Å². The van der Waals surface area contributed by atoms with E-state index in [0.717, 1.165) is 43.0 Å². The summed E-state index contributed by atoms with van der Waals surface area (Å²) in [5.74, 6) is 0.259. The number of nitrogens with one attached hydrogen (secondary N) is 3. The van der Waals surface area contributed by atoms with E-state index in [0.29, 0.717) is 18.7 Å². The number of hydrogen-bond acceptors (Lipinski definition) is 5. The van der Waals surface area contributed by atoms with E-state index in [1.54, 1.807) is 6.33 Å². The quantitative estimate of drug-likeness (QED) is 0.717. The van der Waals surface area contributed by atoms with Crippen LogP contribution in [-0.4, -0.2) is 42.1 Å². The molecule has 7 heteroatoms. The van der Waals surface area contributed by atoms with Crippen LogP contribution in [0.4, 0.5) is 10.2 Å². The van der Waals surface area contributed by atoms with Gasteiger partial charge in [-0.15, -0.1) is 0 Å². The number of benzene rings is 1. The zero-order chi connectivity index (χ0) is 16.8. The van der Waals surface area contributed by atoms with Crippen molar-refractivity contribution in [3.05, 3.63) is 53.2 Å². The van der Waals surface area contributed by atoms with Crippen LogP contribution in [0.15, 0.2) is 30.6 Å². The van der Waals surface area contributed by atoms with Crippen LogP contribution < -0.4 is 16.0 Å². The van der Waals surface area contributed by atoms with Gasteiger partial charge < -0.3 is 16.0 Å². The number of hydrogen-bond donors (Lipinski definition) is 3. The van der Waals surface area contributed by atoms with E-state index in [-0.39, 0.29) is 11.7 Å². The van der Waals surface area contributed by atoms with Gasteiger partial charge >= 0.3 is 0 Å². The van der Waals surface area contributed by atoms with E-state index < -0.39 is 0 Å². The Morgan fingerprint density at radius 3 is 2.75 bits per heavy atom. The molecular weight excluding hydrogens is 309 g/mol. The molecule has 1 aliphatic heterocycles. The molecule has 0 saturated heterocycles. The molecule has 2 aromatic rings. The molecule has 0 atom stereocenters. The van der Waals surface area contributed by atoms with Crippen molar-refractivity contribution in [2.75, 3.05) is 31.5 Å². The number of carbonyl (C=O) groups is 1. The van der Waals surface area contributed by atoms with Crippen molar-refractivity contribution < 1.29 is 9.18 Å². The number of rotatable bonds is 5. The maximum atomic E-state index is 12.9. The Kier molecular flexibility index (Phi) is 5.32. The maximum absolute atomic E-state index is 12.9. The summed E-state index contributed by atoms with van der Waals surface area (Å²) in [7, 11) is 0. The topological polar surface area (TPSA) is 78.9 Å². The van der Waals surface area contributed by atoms with E-state index in [1.807, 2.05) is 0 Å². The number of halogens is 1. The molecule has 0 aliphatic carbocycles. The van der Waals surface area contributed by atoms with Gasteiger partial charge in [-0.2, -0.15) is 0 Å². The minimum Gasteiger partial charge on any atom is -0.368 e. The zero-order valence-corrected chi connectivity index (χ0v) is 13.3. The molecule has 0 radical (unpaired) electrons. The van der Waals surface area contributed by atoms with Gasteiger partial charge in [-0.3, -0.25) is 4.79 Å². The third-order valence-electron chi connectivity index (χ3n) is 3.93. The molecule has 0 bridgehead atoms. The van der Waals surface area contributed by atoms with Gasteiger partial charge in [0.25, 0.3) is 5.91 Å². The highest BCUT2D eigenvalue weighted by Gasteiger charge is 2.13. The molecule has 24 heavy (non-hydrogen) atoms. The maximum Gasteiger partial charge on any atom is 0.251 e. The summed E-state index contributed by atoms with van der Waals surface area (Å²) in [6.45, 7) is 2.85. The fourth-order valence-corrected chi connectivity index (χ4v) is 2.68.